The SMILES string of the molecule is N#Cc1cccc(-c2cnn(Cc3ccc(S(=O)(=O)CF)cc3)c2)c1. The largest absolute Gasteiger partial charge is 0.268 e. The van der Waals surface area contributed by atoms with E-state index in [1.807, 2.05) is 18.3 Å². The first-order chi connectivity index (χ1) is 12.0. The maximum atomic E-state index is 12.5. The molecule has 0 spiro atoms. The molecule has 2 aromatic carbocycles. The number of benzene rings is 2. The highest BCUT2D eigenvalue weighted by Crippen LogP contribution is 2.20. The van der Waals surface area contributed by atoms with Crippen LogP contribution >= 0.6 is 0 Å². The first-order valence-corrected chi connectivity index (χ1v) is 9.08. The highest BCUT2D eigenvalue weighted by Gasteiger charge is 2.13. The molecule has 126 valence electrons. The predicted octanol–water partition coefficient (Wildman–Crippen LogP) is 3.17. The van der Waals surface area contributed by atoms with Crippen molar-refractivity contribution in [3.05, 3.63) is 72.1 Å². The quantitative estimate of drug-likeness (QED) is 0.704. The molecule has 0 atom stereocenters. The first-order valence-electron chi connectivity index (χ1n) is 7.42. The summed E-state index contributed by atoms with van der Waals surface area (Å²) in [5, 5.41) is 13.3. The Morgan fingerprint density at radius 2 is 1.88 bits per heavy atom. The van der Waals surface area contributed by atoms with Gasteiger partial charge in [0.05, 0.1) is 29.3 Å². The number of hydrogen-bond donors (Lipinski definition) is 0. The maximum Gasteiger partial charge on any atom is 0.207 e. The number of rotatable bonds is 5. The molecule has 0 saturated carbocycles. The number of aromatic nitrogens is 2. The predicted molar refractivity (Wildman–Crippen MR) is 91.1 cm³/mol. The number of halogens is 1. The molecule has 0 saturated heterocycles. The zero-order chi connectivity index (χ0) is 17.9. The van der Waals surface area contributed by atoms with Crippen molar-refractivity contribution in [2.24, 2.45) is 0 Å². The average molecular weight is 355 g/mol. The third kappa shape index (κ3) is 3.75. The number of hydrogen-bond acceptors (Lipinski definition) is 4. The first kappa shape index (κ1) is 16.9. The minimum absolute atomic E-state index is 0.0341. The van der Waals surface area contributed by atoms with Crippen molar-refractivity contribution in [1.82, 2.24) is 9.78 Å². The highest BCUT2D eigenvalue weighted by atomic mass is 32.2. The monoisotopic (exact) mass is 355 g/mol. The maximum absolute atomic E-state index is 12.5. The fourth-order valence-electron chi connectivity index (χ4n) is 2.42. The van der Waals surface area contributed by atoms with Crippen molar-refractivity contribution in [1.29, 1.82) is 5.26 Å². The lowest BCUT2D eigenvalue weighted by atomic mass is 10.1. The van der Waals surface area contributed by atoms with Gasteiger partial charge in [0.1, 0.15) is 0 Å². The molecule has 0 aliphatic rings. The van der Waals surface area contributed by atoms with Crippen LogP contribution in [0.4, 0.5) is 4.39 Å². The number of sulfone groups is 1. The average Bonchev–Trinajstić information content (AvgIpc) is 3.11. The van der Waals surface area contributed by atoms with Gasteiger partial charge in [0.2, 0.25) is 9.84 Å². The van der Waals surface area contributed by atoms with Crippen LogP contribution in [0.3, 0.4) is 0 Å². The minimum atomic E-state index is -3.84. The van der Waals surface area contributed by atoms with Gasteiger partial charge in [-0.1, -0.05) is 24.3 Å². The van der Waals surface area contributed by atoms with Crippen LogP contribution in [0.15, 0.2) is 65.8 Å². The van der Waals surface area contributed by atoms with E-state index in [1.54, 1.807) is 35.1 Å². The van der Waals surface area contributed by atoms with Crippen molar-refractivity contribution in [2.75, 3.05) is 6.01 Å². The van der Waals surface area contributed by atoms with E-state index in [2.05, 4.69) is 11.2 Å². The molecule has 3 aromatic rings. The fraction of sp³-hybridized carbons (Fsp3) is 0.111. The van der Waals surface area contributed by atoms with Crippen molar-refractivity contribution in [3.63, 3.8) is 0 Å². The van der Waals surface area contributed by atoms with Crippen LogP contribution in [-0.4, -0.2) is 24.2 Å². The third-order valence-corrected chi connectivity index (χ3v) is 5.01. The Hall–Kier alpha value is -2.98. The van der Waals surface area contributed by atoms with Crippen LogP contribution in [0.2, 0.25) is 0 Å². The van der Waals surface area contributed by atoms with Crippen LogP contribution in [0.1, 0.15) is 11.1 Å². The molecule has 0 aliphatic carbocycles. The van der Waals surface area contributed by atoms with Gasteiger partial charge >= 0.3 is 0 Å². The van der Waals surface area contributed by atoms with Gasteiger partial charge in [0.25, 0.3) is 0 Å². The molecule has 25 heavy (non-hydrogen) atoms. The zero-order valence-electron chi connectivity index (χ0n) is 13.1. The van der Waals surface area contributed by atoms with E-state index in [-0.39, 0.29) is 4.90 Å². The van der Waals surface area contributed by atoms with E-state index in [0.717, 1.165) is 16.7 Å². The molecule has 1 aromatic heterocycles. The zero-order valence-corrected chi connectivity index (χ0v) is 13.9. The highest BCUT2D eigenvalue weighted by molar-refractivity contribution is 7.91. The second-order valence-corrected chi connectivity index (χ2v) is 7.41. The molecular weight excluding hydrogens is 341 g/mol. The van der Waals surface area contributed by atoms with Gasteiger partial charge in [-0.3, -0.25) is 4.68 Å². The topological polar surface area (TPSA) is 75.8 Å². The summed E-state index contributed by atoms with van der Waals surface area (Å²) in [7, 11) is -3.84. The van der Waals surface area contributed by atoms with Crippen molar-refractivity contribution < 1.29 is 12.8 Å². The van der Waals surface area contributed by atoms with Gasteiger partial charge in [0.15, 0.2) is 6.01 Å². The Morgan fingerprint density at radius 1 is 1.12 bits per heavy atom. The van der Waals surface area contributed by atoms with Crippen LogP contribution < -0.4 is 0 Å². The Morgan fingerprint density at radius 3 is 2.56 bits per heavy atom. The molecule has 0 N–H and O–H groups in total. The number of alkyl halides is 1. The van der Waals surface area contributed by atoms with Gasteiger partial charge in [-0.05, 0) is 35.4 Å². The summed E-state index contributed by atoms with van der Waals surface area (Å²) >= 11 is 0. The van der Waals surface area contributed by atoms with E-state index >= 15 is 0 Å². The van der Waals surface area contributed by atoms with E-state index in [4.69, 9.17) is 5.26 Å². The molecular formula is C18H14FN3O2S. The standard InChI is InChI=1S/C18H14FN3O2S/c19-13-25(23,24)18-6-4-14(5-7-18)11-22-12-17(10-21-22)16-3-1-2-15(8-16)9-20/h1-8,10,12H,11,13H2. The summed E-state index contributed by atoms with van der Waals surface area (Å²) in [6, 6.07) is 14.0. The minimum Gasteiger partial charge on any atom is -0.268 e. The summed E-state index contributed by atoms with van der Waals surface area (Å²) in [5.74, 6) is 0. The smallest absolute Gasteiger partial charge is 0.207 e. The molecule has 0 aliphatic heterocycles. The number of nitriles is 1. The summed E-state index contributed by atoms with van der Waals surface area (Å²) in [4.78, 5) is -0.0341. The molecule has 0 unspecified atom stereocenters. The molecule has 7 heteroatoms. The van der Waals surface area contributed by atoms with Gasteiger partial charge in [-0.15, -0.1) is 0 Å². The normalized spacial score (nSPS) is 11.2. The van der Waals surface area contributed by atoms with Crippen LogP contribution in [0.5, 0.6) is 0 Å². The molecule has 0 radical (unpaired) electrons. The lowest BCUT2D eigenvalue weighted by molar-refractivity contribution is 0.534. The molecule has 0 bridgehead atoms. The molecule has 1 heterocycles. The Bertz CT molecular complexity index is 1030. The van der Waals surface area contributed by atoms with Crippen molar-refractivity contribution in [3.8, 4) is 17.2 Å². The van der Waals surface area contributed by atoms with Gasteiger partial charge in [0, 0.05) is 11.8 Å². The Kier molecular flexibility index (Phi) is 4.63. The number of nitrogens with zero attached hydrogens (tertiary/aromatic N) is 3. The molecule has 0 amide bonds. The van der Waals surface area contributed by atoms with E-state index in [1.165, 1.54) is 12.1 Å². The second kappa shape index (κ2) is 6.87. The van der Waals surface area contributed by atoms with Gasteiger partial charge < -0.3 is 0 Å². The van der Waals surface area contributed by atoms with E-state index in [9.17, 15) is 12.8 Å². The molecule has 3 rings (SSSR count). The Labute approximate surface area is 144 Å². The van der Waals surface area contributed by atoms with Crippen LogP contribution in [0.25, 0.3) is 11.1 Å². The van der Waals surface area contributed by atoms with Gasteiger partial charge in [-0.2, -0.15) is 10.4 Å². The summed E-state index contributed by atoms with van der Waals surface area (Å²) in [6.45, 7) is 0.452. The lowest BCUT2D eigenvalue weighted by Crippen LogP contribution is -2.04. The summed E-state index contributed by atoms with van der Waals surface area (Å²) in [5.41, 5.74) is 3.21. The Balaban J connectivity index is 1.79. The van der Waals surface area contributed by atoms with Crippen molar-refractivity contribution in [2.45, 2.75) is 11.4 Å². The second-order valence-electron chi connectivity index (χ2n) is 5.49. The van der Waals surface area contributed by atoms with Crippen molar-refractivity contribution >= 4 is 9.84 Å². The lowest BCUT2D eigenvalue weighted by Gasteiger charge is -2.04. The summed E-state index contributed by atoms with van der Waals surface area (Å²) in [6.07, 6.45) is 3.56. The van der Waals surface area contributed by atoms with Crippen LogP contribution in [0, 0.1) is 11.3 Å². The molecule has 5 nitrogen and oxygen atoms in total. The van der Waals surface area contributed by atoms with E-state index in [0.29, 0.717) is 12.1 Å². The van der Waals surface area contributed by atoms with Crippen LogP contribution in [-0.2, 0) is 16.4 Å². The molecule has 0 fully saturated rings. The fourth-order valence-corrected chi connectivity index (χ4v) is 3.10. The van der Waals surface area contributed by atoms with Gasteiger partial charge in [-0.25, -0.2) is 12.8 Å². The third-order valence-electron chi connectivity index (χ3n) is 3.73. The summed E-state index contributed by atoms with van der Waals surface area (Å²) < 4.78 is 37.2. The van der Waals surface area contributed by atoms with E-state index < -0.39 is 15.8 Å².